The molecule has 0 saturated carbocycles. The summed E-state index contributed by atoms with van der Waals surface area (Å²) >= 11 is 0. The lowest BCUT2D eigenvalue weighted by Gasteiger charge is -2.31. The van der Waals surface area contributed by atoms with Crippen LogP contribution in [0.4, 0.5) is 0 Å². The van der Waals surface area contributed by atoms with E-state index in [-0.39, 0.29) is 11.7 Å². The van der Waals surface area contributed by atoms with E-state index < -0.39 is 0 Å². The van der Waals surface area contributed by atoms with Gasteiger partial charge in [-0.2, -0.15) is 0 Å². The third kappa shape index (κ3) is 4.78. The second-order valence-corrected chi connectivity index (χ2v) is 5.83. The highest BCUT2D eigenvalue weighted by Gasteiger charge is 2.28. The number of aryl methyl sites for hydroxylation is 2. The van der Waals surface area contributed by atoms with E-state index in [4.69, 9.17) is 14.2 Å². The highest BCUT2D eigenvalue weighted by molar-refractivity contribution is 5.46. The van der Waals surface area contributed by atoms with Gasteiger partial charge in [-0.1, -0.05) is 12.2 Å². The van der Waals surface area contributed by atoms with E-state index in [1.54, 1.807) is 7.11 Å². The third-order valence-electron chi connectivity index (χ3n) is 3.82. The topological polar surface area (TPSA) is 27.7 Å². The van der Waals surface area contributed by atoms with Crippen molar-refractivity contribution in [3.8, 4) is 11.5 Å². The minimum atomic E-state index is -0.333. The minimum Gasteiger partial charge on any atom is -0.490 e. The molecule has 0 aliphatic rings. The molecule has 1 aromatic rings. The Bertz CT molecular complexity index is 466. The molecule has 21 heavy (non-hydrogen) atoms. The molecule has 0 heterocycles. The molecule has 0 amide bonds. The van der Waals surface area contributed by atoms with E-state index in [1.165, 1.54) is 0 Å². The van der Waals surface area contributed by atoms with Crippen LogP contribution in [0.1, 0.15) is 38.8 Å². The molecular weight excluding hydrogens is 264 g/mol. The summed E-state index contributed by atoms with van der Waals surface area (Å²) in [5.74, 6) is 1.78. The van der Waals surface area contributed by atoms with Crippen molar-refractivity contribution >= 4 is 0 Å². The second kappa shape index (κ2) is 7.51. The molecule has 0 aliphatic heterocycles. The molecule has 0 N–H and O–H groups in total. The van der Waals surface area contributed by atoms with Crippen molar-refractivity contribution in [1.29, 1.82) is 0 Å². The molecule has 0 fully saturated rings. The SMILES string of the molecule is C/C=C/COc1cc(C)c(OC(C)C(C)(C)OC)c(C)c1. The average molecular weight is 292 g/mol. The van der Waals surface area contributed by atoms with Crippen LogP contribution in [-0.2, 0) is 4.74 Å². The minimum absolute atomic E-state index is 0.0466. The zero-order valence-electron chi connectivity index (χ0n) is 14.3. The molecule has 1 unspecified atom stereocenters. The van der Waals surface area contributed by atoms with Crippen molar-refractivity contribution in [2.24, 2.45) is 0 Å². The maximum absolute atomic E-state index is 6.12. The van der Waals surface area contributed by atoms with Crippen LogP contribution in [0.3, 0.4) is 0 Å². The van der Waals surface area contributed by atoms with E-state index in [1.807, 2.05) is 65.8 Å². The van der Waals surface area contributed by atoms with Crippen LogP contribution in [0.2, 0.25) is 0 Å². The number of methoxy groups -OCH3 is 1. The van der Waals surface area contributed by atoms with Crippen LogP contribution >= 0.6 is 0 Å². The second-order valence-electron chi connectivity index (χ2n) is 5.83. The summed E-state index contributed by atoms with van der Waals surface area (Å²) in [5, 5.41) is 0. The van der Waals surface area contributed by atoms with E-state index >= 15 is 0 Å². The first-order chi connectivity index (χ1) is 9.81. The number of hydrogen-bond donors (Lipinski definition) is 0. The number of benzene rings is 1. The molecule has 1 rings (SSSR count). The largest absolute Gasteiger partial charge is 0.490 e. The molecule has 0 radical (unpaired) electrons. The molecule has 0 bridgehead atoms. The van der Waals surface area contributed by atoms with Gasteiger partial charge in [0, 0.05) is 7.11 Å². The number of ether oxygens (including phenoxy) is 3. The summed E-state index contributed by atoms with van der Waals surface area (Å²) in [7, 11) is 1.71. The fraction of sp³-hybridized carbons (Fsp3) is 0.556. The molecule has 1 aromatic carbocycles. The lowest BCUT2D eigenvalue weighted by molar-refractivity contribution is -0.0580. The Morgan fingerprint density at radius 2 is 1.76 bits per heavy atom. The smallest absolute Gasteiger partial charge is 0.125 e. The third-order valence-corrected chi connectivity index (χ3v) is 3.82. The predicted octanol–water partition coefficient (Wildman–Crippen LogP) is 4.45. The number of hydrogen-bond acceptors (Lipinski definition) is 3. The Kier molecular flexibility index (Phi) is 6.28. The Labute approximate surface area is 128 Å². The van der Waals surface area contributed by atoms with Crippen molar-refractivity contribution in [1.82, 2.24) is 0 Å². The van der Waals surface area contributed by atoms with E-state index in [0.717, 1.165) is 22.6 Å². The molecule has 3 heteroatoms. The van der Waals surface area contributed by atoms with E-state index in [9.17, 15) is 0 Å². The molecule has 0 aromatic heterocycles. The van der Waals surface area contributed by atoms with Gasteiger partial charge in [0.2, 0.25) is 0 Å². The van der Waals surface area contributed by atoms with Gasteiger partial charge in [0.15, 0.2) is 0 Å². The van der Waals surface area contributed by atoms with Crippen LogP contribution in [0, 0.1) is 13.8 Å². The zero-order valence-corrected chi connectivity index (χ0v) is 14.3. The maximum Gasteiger partial charge on any atom is 0.125 e. The van der Waals surface area contributed by atoms with Crippen LogP contribution in [0.15, 0.2) is 24.3 Å². The maximum atomic E-state index is 6.12. The Hall–Kier alpha value is -1.48. The van der Waals surface area contributed by atoms with Gasteiger partial charge in [-0.3, -0.25) is 0 Å². The van der Waals surface area contributed by atoms with Crippen LogP contribution in [0.25, 0.3) is 0 Å². The van der Waals surface area contributed by atoms with Gasteiger partial charge < -0.3 is 14.2 Å². The van der Waals surface area contributed by atoms with Gasteiger partial charge in [0.25, 0.3) is 0 Å². The van der Waals surface area contributed by atoms with Gasteiger partial charge >= 0.3 is 0 Å². The van der Waals surface area contributed by atoms with Crippen LogP contribution in [0.5, 0.6) is 11.5 Å². The Morgan fingerprint density at radius 1 is 1.19 bits per heavy atom. The van der Waals surface area contributed by atoms with Crippen LogP contribution < -0.4 is 9.47 Å². The fourth-order valence-corrected chi connectivity index (χ4v) is 1.90. The van der Waals surface area contributed by atoms with E-state index in [2.05, 4.69) is 0 Å². The highest BCUT2D eigenvalue weighted by Crippen LogP contribution is 2.31. The summed E-state index contributed by atoms with van der Waals surface area (Å²) in [4.78, 5) is 0. The van der Waals surface area contributed by atoms with Crippen molar-refractivity contribution in [2.75, 3.05) is 13.7 Å². The summed E-state index contributed by atoms with van der Waals surface area (Å²) < 4.78 is 17.3. The standard InChI is InChI=1S/C18H28O3/c1-8-9-10-20-16-11-13(2)17(14(3)12-16)21-15(4)18(5,6)19-7/h8-9,11-12,15H,10H2,1-7H3/b9-8+. The van der Waals surface area contributed by atoms with Gasteiger partial charge in [-0.05, 0) is 64.8 Å². The van der Waals surface area contributed by atoms with Crippen molar-refractivity contribution in [3.63, 3.8) is 0 Å². The van der Waals surface area contributed by atoms with Crippen molar-refractivity contribution < 1.29 is 14.2 Å². The van der Waals surface area contributed by atoms with Crippen molar-refractivity contribution in [2.45, 2.75) is 53.2 Å². The monoisotopic (exact) mass is 292 g/mol. The molecule has 118 valence electrons. The number of rotatable bonds is 7. The quantitative estimate of drug-likeness (QED) is 0.695. The van der Waals surface area contributed by atoms with Gasteiger partial charge in [0.1, 0.15) is 24.2 Å². The first-order valence-corrected chi connectivity index (χ1v) is 7.38. The molecule has 0 aliphatic carbocycles. The zero-order chi connectivity index (χ0) is 16.0. The molecule has 3 nitrogen and oxygen atoms in total. The van der Waals surface area contributed by atoms with Crippen molar-refractivity contribution in [3.05, 3.63) is 35.4 Å². The normalized spacial score (nSPS) is 13.5. The molecular formula is C18H28O3. The molecule has 0 saturated heterocycles. The van der Waals surface area contributed by atoms with Gasteiger partial charge in [0.05, 0.1) is 5.60 Å². The predicted molar refractivity (Wildman–Crippen MR) is 87.4 cm³/mol. The summed E-state index contributed by atoms with van der Waals surface area (Å²) in [6, 6.07) is 4.02. The Balaban J connectivity index is 2.90. The fourth-order valence-electron chi connectivity index (χ4n) is 1.90. The lowest BCUT2D eigenvalue weighted by Crippen LogP contribution is -2.40. The number of allylic oxidation sites excluding steroid dienone is 1. The summed E-state index contributed by atoms with van der Waals surface area (Å²) in [5.41, 5.74) is 1.81. The Morgan fingerprint density at radius 3 is 2.24 bits per heavy atom. The highest BCUT2D eigenvalue weighted by atomic mass is 16.5. The average Bonchev–Trinajstić information content (AvgIpc) is 2.42. The summed E-state index contributed by atoms with van der Waals surface area (Å²) in [6.45, 7) is 12.7. The van der Waals surface area contributed by atoms with Gasteiger partial charge in [-0.15, -0.1) is 0 Å². The molecule has 1 atom stereocenters. The first-order valence-electron chi connectivity index (χ1n) is 7.38. The molecule has 0 spiro atoms. The first kappa shape index (κ1) is 17.6. The van der Waals surface area contributed by atoms with Crippen LogP contribution in [-0.4, -0.2) is 25.4 Å². The summed E-state index contributed by atoms with van der Waals surface area (Å²) in [6.07, 6.45) is 3.92. The lowest BCUT2D eigenvalue weighted by atomic mass is 10.0. The van der Waals surface area contributed by atoms with E-state index in [0.29, 0.717) is 6.61 Å². The van der Waals surface area contributed by atoms with Gasteiger partial charge in [-0.25, -0.2) is 0 Å².